The van der Waals surface area contributed by atoms with Crippen molar-refractivity contribution in [2.75, 3.05) is 12.3 Å². The molecule has 2 rings (SSSR count). The quantitative estimate of drug-likeness (QED) is 0.905. The molecular formula is C13H15NO3S. The molecule has 1 amide bonds. The Morgan fingerprint density at radius 1 is 1.44 bits per heavy atom. The summed E-state index contributed by atoms with van der Waals surface area (Å²) in [7, 11) is 0. The van der Waals surface area contributed by atoms with Crippen LogP contribution in [-0.2, 0) is 9.59 Å². The largest absolute Gasteiger partial charge is 0.481 e. The molecule has 1 aliphatic heterocycles. The van der Waals surface area contributed by atoms with Gasteiger partial charge in [-0.2, -0.15) is 0 Å². The topological polar surface area (TPSA) is 57.6 Å². The summed E-state index contributed by atoms with van der Waals surface area (Å²) in [6, 6.07) is 8.01. The van der Waals surface area contributed by atoms with Gasteiger partial charge in [-0.25, -0.2) is 0 Å². The number of aryl methyl sites for hydroxylation is 1. The molecule has 0 aromatic heterocycles. The molecule has 0 aliphatic carbocycles. The molecule has 0 bridgehead atoms. The third-order valence-corrected chi connectivity index (χ3v) is 4.15. The lowest BCUT2D eigenvalue weighted by molar-refractivity contribution is -0.138. The molecule has 1 aromatic rings. The molecule has 1 atom stereocenters. The predicted molar refractivity (Wildman–Crippen MR) is 70.3 cm³/mol. The van der Waals surface area contributed by atoms with Crippen LogP contribution in [0.3, 0.4) is 0 Å². The van der Waals surface area contributed by atoms with Crippen LogP contribution in [0.4, 0.5) is 0 Å². The Morgan fingerprint density at radius 3 is 2.72 bits per heavy atom. The number of benzene rings is 1. The van der Waals surface area contributed by atoms with Crippen molar-refractivity contribution in [2.24, 2.45) is 0 Å². The zero-order valence-corrected chi connectivity index (χ0v) is 10.9. The summed E-state index contributed by atoms with van der Waals surface area (Å²) >= 11 is 1.55. The molecule has 18 heavy (non-hydrogen) atoms. The van der Waals surface area contributed by atoms with Crippen LogP contribution >= 0.6 is 11.8 Å². The molecule has 0 radical (unpaired) electrons. The first-order valence-corrected chi connectivity index (χ1v) is 6.82. The zero-order chi connectivity index (χ0) is 13.1. The van der Waals surface area contributed by atoms with Crippen LogP contribution in [0.2, 0.25) is 0 Å². The number of amides is 1. The molecule has 1 fully saturated rings. The highest BCUT2D eigenvalue weighted by Gasteiger charge is 2.32. The Hall–Kier alpha value is -1.49. The number of carboxylic acids is 1. The van der Waals surface area contributed by atoms with Crippen molar-refractivity contribution >= 4 is 23.6 Å². The summed E-state index contributed by atoms with van der Waals surface area (Å²) < 4.78 is 0. The monoisotopic (exact) mass is 265 g/mol. The summed E-state index contributed by atoms with van der Waals surface area (Å²) in [6.07, 6.45) is -0.00530. The molecule has 0 saturated carbocycles. The Morgan fingerprint density at radius 2 is 2.11 bits per heavy atom. The van der Waals surface area contributed by atoms with E-state index in [0.29, 0.717) is 5.75 Å². The van der Waals surface area contributed by atoms with Gasteiger partial charge in [0.1, 0.15) is 5.37 Å². The second-order valence-electron chi connectivity index (χ2n) is 4.30. The standard InChI is InChI=1S/C13H15NO3S/c1-9-2-4-10(5-3-9)13-14(7-6-12(16)17)11(15)8-18-13/h2-5,13H,6-8H2,1H3,(H,16,17). The smallest absolute Gasteiger partial charge is 0.305 e. The van der Waals surface area contributed by atoms with Crippen molar-refractivity contribution in [3.05, 3.63) is 35.4 Å². The predicted octanol–water partition coefficient (Wildman–Crippen LogP) is 2.04. The number of aliphatic carboxylic acids is 1. The van der Waals surface area contributed by atoms with Crippen molar-refractivity contribution < 1.29 is 14.7 Å². The highest BCUT2D eigenvalue weighted by Crippen LogP contribution is 2.38. The van der Waals surface area contributed by atoms with Gasteiger partial charge in [0, 0.05) is 6.54 Å². The number of thioether (sulfide) groups is 1. The van der Waals surface area contributed by atoms with Crippen molar-refractivity contribution in [2.45, 2.75) is 18.7 Å². The summed E-state index contributed by atoms with van der Waals surface area (Å²) in [5.41, 5.74) is 2.23. The van der Waals surface area contributed by atoms with Crippen LogP contribution < -0.4 is 0 Å². The van der Waals surface area contributed by atoms with Gasteiger partial charge in [0.2, 0.25) is 5.91 Å². The Kier molecular flexibility index (Phi) is 3.91. The van der Waals surface area contributed by atoms with Gasteiger partial charge in [-0.05, 0) is 12.5 Å². The minimum atomic E-state index is -0.873. The van der Waals surface area contributed by atoms with Gasteiger partial charge in [-0.3, -0.25) is 9.59 Å². The maximum Gasteiger partial charge on any atom is 0.305 e. The van der Waals surface area contributed by atoms with Crippen molar-refractivity contribution in [1.29, 1.82) is 0 Å². The maximum atomic E-state index is 11.7. The minimum Gasteiger partial charge on any atom is -0.481 e. The highest BCUT2D eigenvalue weighted by molar-refractivity contribution is 8.00. The fourth-order valence-electron chi connectivity index (χ4n) is 1.92. The van der Waals surface area contributed by atoms with Crippen LogP contribution in [-0.4, -0.2) is 34.2 Å². The van der Waals surface area contributed by atoms with Crippen LogP contribution in [0.25, 0.3) is 0 Å². The Bertz CT molecular complexity index is 458. The molecule has 96 valence electrons. The maximum absolute atomic E-state index is 11.7. The summed E-state index contributed by atoms with van der Waals surface area (Å²) in [5.74, 6) is -0.424. The van der Waals surface area contributed by atoms with E-state index in [4.69, 9.17) is 5.11 Å². The minimum absolute atomic E-state index is 0.00530. The van der Waals surface area contributed by atoms with Gasteiger partial charge in [0.25, 0.3) is 0 Å². The van der Waals surface area contributed by atoms with Gasteiger partial charge in [0.05, 0.1) is 12.2 Å². The first-order valence-electron chi connectivity index (χ1n) is 5.77. The van der Waals surface area contributed by atoms with Crippen LogP contribution in [0, 0.1) is 6.92 Å². The average molecular weight is 265 g/mol. The molecule has 4 nitrogen and oxygen atoms in total. The van der Waals surface area contributed by atoms with E-state index in [9.17, 15) is 9.59 Å². The SMILES string of the molecule is Cc1ccc(C2SCC(=O)N2CCC(=O)O)cc1. The van der Waals surface area contributed by atoms with E-state index in [0.717, 1.165) is 5.56 Å². The second kappa shape index (κ2) is 5.44. The lowest BCUT2D eigenvalue weighted by Crippen LogP contribution is -2.30. The molecule has 1 N–H and O–H groups in total. The van der Waals surface area contributed by atoms with Crippen molar-refractivity contribution in [3.63, 3.8) is 0 Å². The first kappa shape index (κ1) is 13.0. The van der Waals surface area contributed by atoms with Gasteiger partial charge >= 0.3 is 5.97 Å². The van der Waals surface area contributed by atoms with Crippen molar-refractivity contribution in [3.8, 4) is 0 Å². The van der Waals surface area contributed by atoms with Crippen LogP contribution in [0.1, 0.15) is 22.9 Å². The summed E-state index contributed by atoms with van der Waals surface area (Å²) in [6.45, 7) is 2.29. The molecular weight excluding hydrogens is 250 g/mol. The number of hydrogen-bond acceptors (Lipinski definition) is 3. The second-order valence-corrected chi connectivity index (χ2v) is 5.37. The number of rotatable bonds is 4. The fourth-order valence-corrected chi connectivity index (χ4v) is 3.14. The third-order valence-electron chi connectivity index (χ3n) is 2.90. The van der Waals surface area contributed by atoms with Crippen LogP contribution in [0.15, 0.2) is 24.3 Å². The molecule has 1 aliphatic rings. The number of carbonyl (C=O) groups is 2. The van der Waals surface area contributed by atoms with Crippen molar-refractivity contribution in [1.82, 2.24) is 4.90 Å². The molecule has 1 heterocycles. The highest BCUT2D eigenvalue weighted by atomic mass is 32.2. The Balaban J connectivity index is 2.13. The van der Waals surface area contributed by atoms with Gasteiger partial charge in [0.15, 0.2) is 0 Å². The number of carboxylic acid groups (broad SMARTS) is 1. The van der Waals surface area contributed by atoms with E-state index >= 15 is 0 Å². The zero-order valence-electron chi connectivity index (χ0n) is 10.1. The Labute approximate surface area is 110 Å². The number of carbonyl (C=O) groups excluding carboxylic acids is 1. The lowest BCUT2D eigenvalue weighted by Gasteiger charge is -2.23. The van der Waals surface area contributed by atoms with Gasteiger partial charge < -0.3 is 10.0 Å². The van der Waals surface area contributed by atoms with E-state index in [1.165, 1.54) is 5.56 Å². The van der Waals surface area contributed by atoms with Crippen LogP contribution in [0.5, 0.6) is 0 Å². The molecule has 0 spiro atoms. The molecule has 1 saturated heterocycles. The van der Waals surface area contributed by atoms with E-state index < -0.39 is 5.97 Å². The van der Waals surface area contributed by atoms with E-state index in [-0.39, 0.29) is 24.2 Å². The third kappa shape index (κ3) is 2.85. The number of hydrogen-bond donors (Lipinski definition) is 1. The van der Waals surface area contributed by atoms with Gasteiger partial charge in [-0.1, -0.05) is 29.8 Å². The van der Waals surface area contributed by atoms with E-state index in [1.807, 2.05) is 31.2 Å². The fraction of sp³-hybridized carbons (Fsp3) is 0.385. The average Bonchev–Trinajstić information content (AvgIpc) is 2.69. The first-order chi connectivity index (χ1) is 8.58. The molecule has 1 unspecified atom stereocenters. The normalized spacial score (nSPS) is 19.3. The van der Waals surface area contributed by atoms with E-state index in [1.54, 1.807) is 16.7 Å². The van der Waals surface area contributed by atoms with E-state index in [2.05, 4.69) is 0 Å². The summed E-state index contributed by atoms with van der Waals surface area (Å²) in [5, 5.41) is 8.66. The lowest BCUT2D eigenvalue weighted by atomic mass is 10.1. The molecule has 5 heteroatoms. The summed E-state index contributed by atoms with van der Waals surface area (Å²) in [4.78, 5) is 24.0. The number of nitrogens with zero attached hydrogens (tertiary/aromatic N) is 1. The van der Waals surface area contributed by atoms with Gasteiger partial charge in [-0.15, -0.1) is 11.8 Å². The molecule has 1 aromatic carbocycles.